The van der Waals surface area contributed by atoms with Crippen LogP contribution in [0.3, 0.4) is 0 Å². The Kier molecular flexibility index (Phi) is 9.50. The number of benzene rings is 3. The first kappa shape index (κ1) is 28.7. The lowest BCUT2D eigenvalue weighted by Crippen LogP contribution is -2.22. The fourth-order valence-electron chi connectivity index (χ4n) is 6.83. The third-order valence-electron chi connectivity index (χ3n) is 9.48. The Bertz CT molecular complexity index is 1310. The molecule has 3 heteroatoms. The van der Waals surface area contributed by atoms with E-state index in [2.05, 4.69) is 19.9 Å². The second-order valence-electron chi connectivity index (χ2n) is 12.3. The summed E-state index contributed by atoms with van der Waals surface area (Å²) in [6.07, 6.45) is 15.5. The van der Waals surface area contributed by atoms with Crippen molar-refractivity contribution < 1.29 is 13.2 Å². The van der Waals surface area contributed by atoms with Gasteiger partial charge < -0.3 is 0 Å². The average molecular weight is 545 g/mol. The van der Waals surface area contributed by atoms with Gasteiger partial charge in [-0.25, -0.2) is 13.2 Å². The van der Waals surface area contributed by atoms with Crippen LogP contribution in [0, 0.1) is 35.2 Å². The quantitative estimate of drug-likeness (QED) is 0.235. The number of allylic oxidation sites excluding steroid dienone is 2. The molecule has 212 valence electrons. The molecule has 2 aliphatic carbocycles. The zero-order chi connectivity index (χ0) is 28.1. The van der Waals surface area contributed by atoms with Crippen molar-refractivity contribution in [1.82, 2.24) is 0 Å². The minimum Gasteiger partial charge on any atom is -0.206 e. The van der Waals surface area contributed by atoms with Gasteiger partial charge in [0.15, 0.2) is 11.6 Å². The van der Waals surface area contributed by atoms with Gasteiger partial charge in [-0.1, -0.05) is 101 Å². The molecule has 0 radical (unpaired) electrons. The van der Waals surface area contributed by atoms with E-state index in [9.17, 15) is 8.78 Å². The van der Waals surface area contributed by atoms with Crippen LogP contribution in [-0.2, 0) is 6.42 Å². The topological polar surface area (TPSA) is 0 Å². The highest BCUT2D eigenvalue weighted by atomic mass is 19.2. The maximum atomic E-state index is 15.3. The van der Waals surface area contributed by atoms with Crippen LogP contribution in [-0.4, -0.2) is 0 Å². The molecule has 1 atom stereocenters. The largest absolute Gasteiger partial charge is 0.206 e. The van der Waals surface area contributed by atoms with E-state index in [1.165, 1.54) is 25.7 Å². The molecule has 0 aliphatic heterocycles. The number of unbranched alkanes of at least 4 members (excludes halogenated alkanes) is 3. The molecule has 1 saturated carbocycles. The second kappa shape index (κ2) is 13.2. The van der Waals surface area contributed by atoms with Crippen molar-refractivity contribution in [3.05, 3.63) is 89.3 Å². The van der Waals surface area contributed by atoms with Crippen molar-refractivity contribution in [3.8, 4) is 22.3 Å². The van der Waals surface area contributed by atoms with Gasteiger partial charge in [-0.2, -0.15) is 0 Å². The highest BCUT2D eigenvalue weighted by Crippen LogP contribution is 2.42. The van der Waals surface area contributed by atoms with Crippen molar-refractivity contribution in [2.24, 2.45) is 17.8 Å². The molecule has 0 aromatic heterocycles. The Morgan fingerprint density at radius 3 is 2.05 bits per heavy atom. The molecule has 0 saturated heterocycles. The number of aryl methyl sites for hydroxylation is 1. The Morgan fingerprint density at radius 1 is 0.675 bits per heavy atom. The first-order chi connectivity index (χ1) is 19.4. The predicted octanol–water partition coefficient (Wildman–Crippen LogP) is 11.6. The highest BCUT2D eigenvalue weighted by Gasteiger charge is 2.28. The van der Waals surface area contributed by atoms with E-state index < -0.39 is 11.6 Å². The lowest BCUT2D eigenvalue weighted by molar-refractivity contribution is 0.202. The van der Waals surface area contributed by atoms with Crippen LogP contribution in [0.5, 0.6) is 0 Å². The monoisotopic (exact) mass is 544 g/mol. The van der Waals surface area contributed by atoms with Crippen LogP contribution in [0.25, 0.3) is 27.8 Å². The van der Waals surface area contributed by atoms with Gasteiger partial charge >= 0.3 is 0 Å². The highest BCUT2D eigenvalue weighted by molar-refractivity contribution is 5.74. The van der Waals surface area contributed by atoms with E-state index in [1.54, 1.807) is 30.3 Å². The van der Waals surface area contributed by atoms with E-state index in [-0.39, 0.29) is 11.4 Å². The molecule has 2 aliphatic rings. The number of hydrogen-bond donors (Lipinski definition) is 0. The van der Waals surface area contributed by atoms with Crippen LogP contribution in [0.15, 0.2) is 60.7 Å². The van der Waals surface area contributed by atoms with Gasteiger partial charge in [0.25, 0.3) is 0 Å². The minimum absolute atomic E-state index is 0.194. The standard InChI is InChI=1S/C37H43F3/c1-3-4-5-6-7-31-20-23-34(37(40)36(31)39)30-18-14-28(15-19-30)32-21-22-33(35(38)24-32)29-16-12-27(13-17-29)26-10-8-25(2)9-11-26/h14-16,18-27H,3-13,17H2,1-2H3. The smallest absolute Gasteiger partial charge is 0.166 e. The van der Waals surface area contributed by atoms with E-state index >= 15 is 4.39 Å². The molecule has 0 heterocycles. The average Bonchev–Trinajstić information content (AvgIpc) is 2.98. The van der Waals surface area contributed by atoms with Gasteiger partial charge in [-0.05, 0) is 96.6 Å². The molecule has 0 amide bonds. The first-order valence-corrected chi connectivity index (χ1v) is 15.5. The van der Waals surface area contributed by atoms with Crippen molar-refractivity contribution in [1.29, 1.82) is 0 Å². The molecule has 0 bridgehead atoms. The lowest BCUT2D eigenvalue weighted by atomic mass is 9.71. The Labute approximate surface area is 238 Å². The van der Waals surface area contributed by atoms with Crippen molar-refractivity contribution in [2.45, 2.75) is 90.9 Å². The van der Waals surface area contributed by atoms with Gasteiger partial charge in [0.1, 0.15) is 5.82 Å². The summed E-state index contributed by atoms with van der Waals surface area (Å²) in [6.45, 7) is 4.50. The molecule has 5 rings (SSSR count). The molecule has 1 fully saturated rings. The first-order valence-electron chi connectivity index (χ1n) is 15.5. The Hall–Kier alpha value is -2.81. The molecule has 1 unspecified atom stereocenters. The molecule has 3 aromatic rings. The molecule has 40 heavy (non-hydrogen) atoms. The second-order valence-corrected chi connectivity index (χ2v) is 12.3. The lowest BCUT2D eigenvalue weighted by Gasteiger charge is -2.34. The summed E-state index contributed by atoms with van der Waals surface area (Å²) >= 11 is 0. The number of rotatable bonds is 9. The fraction of sp³-hybridized carbons (Fsp3) is 0.459. The van der Waals surface area contributed by atoms with Crippen molar-refractivity contribution >= 4 is 5.57 Å². The van der Waals surface area contributed by atoms with Crippen molar-refractivity contribution in [3.63, 3.8) is 0 Å². The van der Waals surface area contributed by atoms with Crippen LogP contribution >= 0.6 is 0 Å². The maximum Gasteiger partial charge on any atom is 0.166 e. The fourth-order valence-corrected chi connectivity index (χ4v) is 6.83. The third kappa shape index (κ3) is 6.56. The molecule has 0 N–H and O–H groups in total. The Morgan fingerprint density at radius 2 is 1.38 bits per heavy atom. The minimum atomic E-state index is -0.794. The summed E-state index contributed by atoms with van der Waals surface area (Å²) in [7, 11) is 0. The van der Waals surface area contributed by atoms with Crippen LogP contribution < -0.4 is 0 Å². The molecule has 3 aromatic carbocycles. The molecule has 0 nitrogen and oxygen atoms in total. The SMILES string of the molecule is CCCCCCc1ccc(-c2ccc(-c3ccc(C4=CCC(C5CCC(C)CC5)CC4)c(F)c3)cc2)c(F)c1F. The summed E-state index contributed by atoms with van der Waals surface area (Å²) in [6, 6.07) is 16.1. The van der Waals surface area contributed by atoms with E-state index in [0.717, 1.165) is 79.4 Å². The summed E-state index contributed by atoms with van der Waals surface area (Å²) in [4.78, 5) is 0. The summed E-state index contributed by atoms with van der Waals surface area (Å²) in [5.74, 6) is 0.723. The van der Waals surface area contributed by atoms with Gasteiger partial charge in [-0.3, -0.25) is 0 Å². The van der Waals surface area contributed by atoms with Crippen molar-refractivity contribution in [2.75, 3.05) is 0 Å². The number of hydrogen-bond acceptors (Lipinski definition) is 0. The number of halogens is 3. The normalized spacial score (nSPS) is 21.3. The van der Waals surface area contributed by atoms with E-state index in [1.807, 2.05) is 24.3 Å². The molecular weight excluding hydrogens is 501 g/mol. The summed E-state index contributed by atoms with van der Waals surface area (Å²) in [5.41, 5.74) is 4.79. The summed E-state index contributed by atoms with van der Waals surface area (Å²) in [5, 5.41) is 0. The van der Waals surface area contributed by atoms with Gasteiger partial charge in [-0.15, -0.1) is 0 Å². The van der Waals surface area contributed by atoms with Gasteiger partial charge in [0.05, 0.1) is 0 Å². The van der Waals surface area contributed by atoms with E-state index in [0.29, 0.717) is 23.1 Å². The van der Waals surface area contributed by atoms with Gasteiger partial charge in [0, 0.05) is 11.1 Å². The maximum absolute atomic E-state index is 15.3. The Balaban J connectivity index is 1.25. The molecular formula is C37H43F3. The van der Waals surface area contributed by atoms with E-state index in [4.69, 9.17) is 0 Å². The zero-order valence-electron chi connectivity index (χ0n) is 24.1. The van der Waals surface area contributed by atoms with Crippen LogP contribution in [0.2, 0.25) is 0 Å². The zero-order valence-corrected chi connectivity index (χ0v) is 24.1. The summed E-state index contributed by atoms with van der Waals surface area (Å²) < 4.78 is 45.0. The third-order valence-corrected chi connectivity index (χ3v) is 9.48. The molecule has 0 spiro atoms. The van der Waals surface area contributed by atoms with Crippen LogP contribution in [0.1, 0.15) is 95.6 Å². The predicted molar refractivity (Wildman–Crippen MR) is 161 cm³/mol. The van der Waals surface area contributed by atoms with Crippen LogP contribution in [0.4, 0.5) is 13.2 Å². The van der Waals surface area contributed by atoms with Gasteiger partial charge in [0.2, 0.25) is 0 Å².